The Balaban J connectivity index is 3.44. The summed E-state index contributed by atoms with van der Waals surface area (Å²) in [6, 6.07) is 0.278. The smallest absolute Gasteiger partial charge is 0.0623 e. The quantitative estimate of drug-likeness (QED) is 0.603. The third-order valence-corrected chi connectivity index (χ3v) is 2.74. The molecule has 0 aromatic carbocycles. The molecule has 0 amide bonds. The fourth-order valence-corrected chi connectivity index (χ4v) is 1.37. The van der Waals surface area contributed by atoms with Crippen LogP contribution in [0.3, 0.4) is 0 Å². The minimum absolute atomic E-state index is 0.0441. The van der Waals surface area contributed by atoms with Crippen molar-refractivity contribution in [2.24, 2.45) is 5.73 Å². The molecule has 0 radical (unpaired) electrons. The van der Waals surface area contributed by atoms with E-state index in [2.05, 4.69) is 13.8 Å². The molecule has 1 unspecified atom stereocenters. The molecule has 15 heavy (non-hydrogen) atoms. The first kappa shape index (κ1) is 14.9. The number of methoxy groups -OCH3 is 1. The van der Waals surface area contributed by atoms with Gasteiger partial charge in [-0.25, -0.2) is 0 Å². The van der Waals surface area contributed by atoms with Gasteiger partial charge in [-0.3, -0.25) is 0 Å². The van der Waals surface area contributed by atoms with Gasteiger partial charge in [-0.05, 0) is 46.5 Å². The van der Waals surface area contributed by atoms with E-state index in [9.17, 15) is 0 Å². The summed E-state index contributed by atoms with van der Waals surface area (Å²) in [6.45, 7) is 7.84. The van der Waals surface area contributed by atoms with Crippen LogP contribution in [0.1, 0.15) is 46.5 Å². The highest BCUT2D eigenvalue weighted by Crippen LogP contribution is 2.17. The van der Waals surface area contributed by atoms with Gasteiger partial charge in [-0.1, -0.05) is 0 Å². The molecule has 0 bridgehead atoms. The van der Waals surface area contributed by atoms with E-state index in [4.69, 9.17) is 15.2 Å². The maximum atomic E-state index is 6.01. The Hall–Kier alpha value is -0.120. The van der Waals surface area contributed by atoms with Gasteiger partial charge < -0.3 is 15.2 Å². The van der Waals surface area contributed by atoms with Crippen molar-refractivity contribution in [1.82, 2.24) is 0 Å². The molecular formula is C12H27NO2. The van der Waals surface area contributed by atoms with E-state index >= 15 is 0 Å². The Labute approximate surface area is 94.3 Å². The van der Waals surface area contributed by atoms with E-state index in [1.807, 2.05) is 6.92 Å². The second kappa shape index (κ2) is 8.08. The molecule has 0 saturated carbocycles. The van der Waals surface area contributed by atoms with E-state index in [1.54, 1.807) is 7.11 Å². The number of nitrogens with two attached hydrogens (primary N) is 1. The summed E-state index contributed by atoms with van der Waals surface area (Å²) >= 11 is 0. The number of rotatable bonds is 9. The Kier molecular flexibility index (Phi) is 8.02. The minimum Gasteiger partial charge on any atom is -0.382 e. The van der Waals surface area contributed by atoms with Crippen LogP contribution in [0.25, 0.3) is 0 Å². The summed E-state index contributed by atoms with van der Waals surface area (Å²) in [5, 5.41) is 0. The number of hydrogen-bond donors (Lipinski definition) is 1. The third kappa shape index (κ3) is 8.85. The molecule has 0 fully saturated rings. The third-order valence-electron chi connectivity index (χ3n) is 2.74. The number of ether oxygens (including phenoxy) is 2. The molecule has 92 valence electrons. The molecule has 0 aromatic heterocycles. The lowest BCUT2D eigenvalue weighted by Crippen LogP contribution is -2.28. The average molecular weight is 217 g/mol. The van der Waals surface area contributed by atoms with Gasteiger partial charge in [-0.15, -0.1) is 0 Å². The molecule has 0 heterocycles. The molecule has 0 saturated heterocycles. The van der Waals surface area contributed by atoms with Crippen molar-refractivity contribution >= 4 is 0 Å². The first-order chi connectivity index (χ1) is 7.02. The minimum atomic E-state index is -0.0441. The summed E-state index contributed by atoms with van der Waals surface area (Å²) in [4.78, 5) is 0. The molecule has 1 atom stereocenters. The van der Waals surface area contributed by atoms with E-state index < -0.39 is 0 Å². The molecule has 0 rings (SSSR count). The SMILES string of the molecule is CCOCCCC(N)CCC(C)(C)OC. The maximum absolute atomic E-state index is 6.01. The van der Waals surface area contributed by atoms with Crippen LogP contribution in [0, 0.1) is 0 Å². The van der Waals surface area contributed by atoms with Crippen LogP contribution in [0.2, 0.25) is 0 Å². The van der Waals surface area contributed by atoms with E-state index in [1.165, 1.54) is 0 Å². The lowest BCUT2D eigenvalue weighted by atomic mass is 9.97. The molecule has 0 spiro atoms. The zero-order valence-electron chi connectivity index (χ0n) is 10.7. The Morgan fingerprint density at radius 2 is 1.93 bits per heavy atom. The molecular weight excluding hydrogens is 190 g/mol. The maximum Gasteiger partial charge on any atom is 0.0623 e. The molecule has 0 aliphatic rings. The monoisotopic (exact) mass is 217 g/mol. The second-order valence-corrected chi connectivity index (χ2v) is 4.60. The Bertz CT molecular complexity index is 149. The van der Waals surface area contributed by atoms with Crippen LogP contribution in [0.5, 0.6) is 0 Å². The average Bonchev–Trinajstić information content (AvgIpc) is 2.22. The molecule has 3 nitrogen and oxygen atoms in total. The Morgan fingerprint density at radius 3 is 2.47 bits per heavy atom. The van der Waals surface area contributed by atoms with Crippen LogP contribution in [0.4, 0.5) is 0 Å². The van der Waals surface area contributed by atoms with Gasteiger partial charge in [0.25, 0.3) is 0 Å². The van der Waals surface area contributed by atoms with E-state index in [-0.39, 0.29) is 11.6 Å². The highest BCUT2D eigenvalue weighted by molar-refractivity contribution is 4.72. The van der Waals surface area contributed by atoms with Crippen molar-refractivity contribution in [3.05, 3.63) is 0 Å². The first-order valence-corrected chi connectivity index (χ1v) is 5.90. The molecule has 3 heteroatoms. The second-order valence-electron chi connectivity index (χ2n) is 4.60. The summed E-state index contributed by atoms with van der Waals surface area (Å²) < 4.78 is 10.6. The molecule has 0 aliphatic carbocycles. The zero-order chi connectivity index (χ0) is 11.7. The van der Waals surface area contributed by atoms with Gasteiger partial charge in [0.05, 0.1) is 5.60 Å². The van der Waals surface area contributed by atoms with Crippen molar-refractivity contribution in [3.63, 3.8) is 0 Å². The normalized spacial score (nSPS) is 14.2. The highest BCUT2D eigenvalue weighted by atomic mass is 16.5. The van der Waals surface area contributed by atoms with Gasteiger partial charge in [-0.2, -0.15) is 0 Å². The van der Waals surface area contributed by atoms with Crippen molar-refractivity contribution < 1.29 is 9.47 Å². The first-order valence-electron chi connectivity index (χ1n) is 5.90. The van der Waals surface area contributed by atoms with Crippen molar-refractivity contribution in [2.45, 2.75) is 58.1 Å². The van der Waals surface area contributed by atoms with Crippen LogP contribution in [-0.2, 0) is 9.47 Å². The molecule has 2 N–H and O–H groups in total. The molecule has 0 aromatic rings. The summed E-state index contributed by atoms with van der Waals surface area (Å²) in [6.07, 6.45) is 4.13. The fraction of sp³-hybridized carbons (Fsp3) is 1.00. The summed E-state index contributed by atoms with van der Waals surface area (Å²) in [7, 11) is 1.75. The topological polar surface area (TPSA) is 44.5 Å². The standard InChI is InChI=1S/C12H27NO2/c1-5-15-10-6-7-11(13)8-9-12(2,3)14-4/h11H,5-10,13H2,1-4H3. The predicted octanol–water partition coefficient (Wildman–Crippen LogP) is 2.34. The van der Waals surface area contributed by atoms with Crippen LogP contribution < -0.4 is 5.73 Å². The summed E-state index contributed by atoms with van der Waals surface area (Å²) in [5.41, 5.74) is 5.96. The fourth-order valence-electron chi connectivity index (χ4n) is 1.37. The predicted molar refractivity (Wildman–Crippen MR) is 64.0 cm³/mol. The van der Waals surface area contributed by atoms with Gasteiger partial charge in [0.15, 0.2) is 0 Å². The van der Waals surface area contributed by atoms with Crippen molar-refractivity contribution in [1.29, 1.82) is 0 Å². The largest absolute Gasteiger partial charge is 0.382 e. The van der Waals surface area contributed by atoms with Crippen LogP contribution >= 0.6 is 0 Å². The van der Waals surface area contributed by atoms with Crippen LogP contribution in [-0.4, -0.2) is 32.0 Å². The van der Waals surface area contributed by atoms with Gasteiger partial charge in [0.1, 0.15) is 0 Å². The van der Waals surface area contributed by atoms with Crippen LogP contribution in [0.15, 0.2) is 0 Å². The van der Waals surface area contributed by atoms with Gasteiger partial charge in [0.2, 0.25) is 0 Å². The lowest BCUT2D eigenvalue weighted by Gasteiger charge is -2.24. The highest BCUT2D eigenvalue weighted by Gasteiger charge is 2.17. The van der Waals surface area contributed by atoms with E-state index in [0.717, 1.165) is 38.9 Å². The zero-order valence-corrected chi connectivity index (χ0v) is 10.7. The lowest BCUT2D eigenvalue weighted by molar-refractivity contribution is 0.0122. The van der Waals surface area contributed by atoms with Crippen molar-refractivity contribution in [2.75, 3.05) is 20.3 Å². The van der Waals surface area contributed by atoms with E-state index in [0.29, 0.717) is 0 Å². The van der Waals surface area contributed by atoms with Gasteiger partial charge in [0, 0.05) is 26.4 Å². The van der Waals surface area contributed by atoms with Gasteiger partial charge >= 0.3 is 0 Å². The summed E-state index contributed by atoms with van der Waals surface area (Å²) in [5.74, 6) is 0. The Morgan fingerprint density at radius 1 is 1.27 bits per heavy atom. The van der Waals surface area contributed by atoms with Crippen molar-refractivity contribution in [3.8, 4) is 0 Å². The molecule has 0 aliphatic heterocycles. The number of hydrogen-bond acceptors (Lipinski definition) is 3.